The van der Waals surface area contributed by atoms with Crippen LogP contribution >= 0.6 is 0 Å². The molecule has 0 saturated carbocycles. The molecule has 3 amide bonds. The first-order valence-electron chi connectivity index (χ1n) is 6.92. The van der Waals surface area contributed by atoms with Gasteiger partial charge in [0.25, 0.3) is 5.91 Å². The predicted octanol–water partition coefficient (Wildman–Crippen LogP) is 0.428. The largest absolute Gasteiger partial charge is 0.376 e. The first-order chi connectivity index (χ1) is 8.94. The standard InChI is InChI=1S/C13H23N3O3/c1-4-10-9-15(7-8-19-10)5-6-16-11(17)13(2,3)14-12(16)18/h10H,4-9H2,1-3H3,(H,14,18)/t10-/m0/s1. The second-order valence-corrected chi connectivity index (χ2v) is 5.71. The van der Waals surface area contributed by atoms with E-state index in [1.165, 1.54) is 4.90 Å². The Morgan fingerprint density at radius 3 is 2.68 bits per heavy atom. The van der Waals surface area contributed by atoms with Crippen molar-refractivity contribution in [2.75, 3.05) is 32.8 Å². The van der Waals surface area contributed by atoms with Crippen molar-refractivity contribution in [1.29, 1.82) is 0 Å². The van der Waals surface area contributed by atoms with Gasteiger partial charge in [0.2, 0.25) is 0 Å². The molecule has 6 nitrogen and oxygen atoms in total. The highest BCUT2D eigenvalue weighted by molar-refractivity contribution is 6.06. The van der Waals surface area contributed by atoms with E-state index in [-0.39, 0.29) is 18.0 Å². The molecule has 2 fully saturated rings. The highest BCUT2D eigenvalue weighted by Gasteiger charge is 2.44. The van der Waals surface area contributed by atoms with Gasteiger partial charge in [-0.1, -0.05) is 6.92 Å². The van der Waals surface area contributed by atoms with E-state index in [2.05, 4.69) is 17.1 Å². The average Bonchev–Trinajstić information content (AvgIpc) is 2.57. The zero-order valence-electron chi connectivity index (χ0n) is 11.9. The number of nitrogens with zero attached hydrogens (tertiary/aromatic N) is 2. The fourth-order valence-electron chi connectivity index (χ4n) is 2.49. The Bertz CT molecular complexity index is 370. The van der Waals surface area contributed by atoms with Crippen LogP contribution in [0, 0.1) is 0 Å². The highest BCUT2D eigenvalue weighted by atomic mass is 16.5. The Hall–Kier alpha value is -1.14. The molecule has 0 bridgehead atoms. The van der Waals surface area contributed by atoms with E-state index in [0.717, 1.165) is 32.7 Å². The lowest BCUT2D eigenvalue weighted by Crippen LogP contribution is -2.46. The molecule has 2 heterocycles. The van der Waals surface area contributed by atoms with Crippen molar-refractivity contribution >= 4 is 11.9 Å². The molecular weight excluding hydrogens is 246 g/mol. The number of imide groups is 1. The summed E-state index contributed by atoms with van der Waals surface area (Å²) < 4.78 is 5.60. The summed E-state index contributed by atoms with van der Waals surface area (Å²) in [7, 11) is 0. The lowest BCUT2D eigenvalue weighted by atomic mass is 10.1. The molecule has 2 aliphatic rings. The van der Waals surface area contributed by atoms with Crippen molar-refractivity contribution in [1.82, 2.24) is 15.1 Å². The van der Waals surface area contributed by atoms with Gasteiger partial charge in [0.05, 0.1) is 12.7 Å². The molecule has 108 valence electrons. The van der Waals surface area contributed by atoms with Gasteiger partial charge in [-0.05, 0) is 20.3 Å². The van der Waals surface area contributed by atoms with E-state index >= 15 is 0 Å². The van der Waals surface area contributed by atoms with Gasteiger partial charge in [-0.15, -0.1) is 0 Å². The summed E-state index contributed by atoms with van der Waals surface area (Å²) in [5.41, 5.74) is -0.770. The molecule has 1 N–H and O–H groups in total. The lowest BCUT2D eigenvalue weighted by Gasteiger charge is -2.33. The van der Waals surface area contributed by atoms with Crippen LogP contribution in [0.4, 0.5) is 4.79 Å². The number of morpholine rings is 1. The third-order valence-corrected chi connectivity index (χ3v) is 3.76. The second-order valence-electron chi connectivity index (χ2n) is 5.71. The van der Waals surface area contributed by atoms with Crippen LogP contribution in [-0.4, -0.2) is 66.2 Å². The zero-order valence-corrected chi connectivity index (χ0v) is 11.9. The maximum atomic E-state index is 12.0. The van der Waals surface area contributed by atoms with Crippen LogP contribution in [0.25, 0.3) is 0 Å². The van der Waals surface area contributed by atoms with Gasteiger partial charge in [-0.3, -0.25) is 14.6 Å². The Kier molecular flexibility index (Phi) is 4.10. The number of carbonyl (C=O) groups is 2. The molecule has 2 saturated heterocycles. The summed E-state index contributed by atoms with van der Waals surface area (Å²) >= 11 is 0. The van der Waals surface area contributed by atoms with Crippen molar-refractivity contribution < 1.29 is 14.3 Å². The molecular formula is C13H23N3O3. The number of nitrogens with one attached hydrogen (secondary N) is 1. The van der Waals surface area contributed by atoms with Gasteiger partial charge in [-0.2, -0.15) is 0 Å². The van der Waals surface area contributed by atoms with Crippen molar-refractivity contribution in [2.24, 2.45) is 0 Å². The number of hydrogen-bond acceptors (Lipinski definition) is 4. The molecule has 2 aliphatic heterocycles. The van der Waals surface area contributed by atoms with E-state index in [4.69, 9.17) is 4.74 Å². The number of rotatable bonds is 4. The minimum absolute atomic E-state index is 0.141. The zero-order chi connectivity index (χ0) is 14.0. The third-order valence-electron chi connectivity index (χ3n) is 3.76. The van der Waals surface area contributed by atoms with Crippen LogP contribution < -0.4 is 5.32 Å². The van der Waals surface area contributed by atoms with Crippen LogP contribution in [0.2, 0.25) is 0 Å². The normalized spacial score (nSPS) is 27.7. The molecule has 0 unspecified atom stereocenters. The monoisotopic (exact) mass is 269 g/mol. The molecule has 19 heavy (non-hydrogen) atoms. The molecule has 1 atom stereocenters. The van der Waals surface area contributed by atoms with Gasteiger partial charge in [0.15, 0.2) is 0 Å². The summed E-state index contributed by atoms with van der Waals surface area (Å²) in [5, 5.41) is 2.69. The van der Waals surface area contributed by atoms with Gasteiger partial charge < -0.3 is 10.1 Å². The minimum Gasteiger partial charge on any atom is -0.376 e. The number of ether oxygens (including phenoxy) is 1. The van der Waals surface area contributed by atoms with Crippen molar-refractivity contribution in [3.63, 3.8) is 0 Å². The molecule has 0 aromatic heterocycles. The summed E-state index contributed by atoms with van der Waals surface area (Å²) in [6.07, 6.45) is 1.26. The Morgan fingerprint density at radius 1 is 1.37 bits per heavy atom. The molecule has 0 radical (unpaired) electrons. The van der Waals surface area contributed by atoms with E-state index in [0.29, 0.717) is 6.54 Å². The van der Waals surface area contributed by atoms with Crippen molar-refractivity contribution in [3.05, 3.63) is 0 Å². The summed E-state index contributed by atoms with van der Waals surface area (Å²) in [6.45, 7) is 9.20. The molecule has 2 rings (SSSR count). The van der Waals surface area contributed by atoms with E-state index in [1.54, 1.807) is 13.8 Å². The number of carbonyl (C=O) groups excluding carboxylic acids is 2. The number of hydrogen-bond donors (Lipinski definition) is 1. The maximum absolute atomic E-state index is 12.0. The Balaban J connectivity index is 1.85. The second kappa shape index (κ2) is 5.46. The van der Waals surface area contributed by atoms with Crippen LogP contribution in [-0.2, 0) is 9.53 Å². The van der Waals surface area contributed by atoms with Crippen LogP contribution in [0.1, 0.15) is 27.2 Å². The highest BCUT2D eigenvalue weighted by Crippen LogP contribution is 2.16. The molecule has 0 aromatic carbocycles. The van der Waals surface area contributed by atoms with E-state index < -0.39 is 5.54 Å². The van der Waals surface area contributed by atoms with Crippen LogP contribution in [0.5, 0.6) is 0 Å². The first-order valence-corrected chi connectivity index (χ1v) is 6.92. The number of amides is 3. The predicted molar refractivity (Wildman–Crippen MR) is 70.8 cm³/mol. The van der Waals surface area contributed by atoms with Gasteiger partial charge in [0.1, 0.15) is 5.54 Å². The maximum Gasteiger partial charge on any atom is 0.325 e. The first kappa shape index (κ1) is 14.3. The van der Waals surface area contributed by atoms with Crippen molar-refractivity contribution in [2.45, 2.75) is 38.8 Å². The third kappa shape index (κ3) is 3.06. The van der Waals surface area contributed by atoms with E-state index in [9.17, 15) is 9.59 Å². The topological polar surface area (TPSA) is 61.9 Å². The fraction of sp³-hybridized carbons (Fsp3) is 0.846. The van der Waals surface area contributed by atoms with Gasteiger partial charge in [-0.25, -0.2) is 4.79 Å². The molecule has 0 aromatic rings. The van der Waals surface area contributed by atoms with Gasteiger partial charge >= 0.3 is 6.03 Å². The average molecular weight is 269 g/mol. The van der Waals surface area contributed by atoms with Gasteiger partial charge in [0, 0.05) is 26.2 Å². The summed E-state index contributed by atoms with van der Waals surface area (Å²) in [4.78, 5) is 27.3. The SMILES string of the molecule is CC[C@H]1CN(CCN2C(=O)NC(C)(C)C2=O)CCO1. The minimum atomic E-state index is -0.770. The Labute approximate surface area is 114 Å². The summed E-state index contributed by atoms with van der Waals surface area (Å²) in [5.74, 6) is -0.141. The molecule has 0 aliphatic carbocycles. The van der Waals surface area contributed by atoms with Crippen LogP contribution in [0.3, 0.4) is 0 Å². The number of urea groups is 1. The quantitative estimate of drug-likeness (QED) is 0.752. The molecule has 6 heteroatoms. The fourth-order valence-corrected chi connectivity index (χ4v) is 2.49. The van der Waals surface area contributed by atoms with Crippen LogP contribution in [0.15, 0.2) is 0 Å². The Morgan fingerprint density at radius 2 is 2.11 bits per heavy atom. The van der Waals surface area contributed by atoms with E-state index in [1.807, 2.05) is 0 Å². The summed E-state index contributed by atoms with van der Waals surface area (Å²) in [6, 6.07) is -0.282. The molecule has 0 spiro atoms. The van der Waals surface area contributed by atoms with Crippen molar-refractivity contribution in [3.8, 4) is 0 Å². The lowest BCUT2D eigenvalue weighted by molar-refractivity contribution is -0.130. The smallest absolute Gasteiger partial charge is 0.325 e.